The highest BCUT2D eigenvalue weighted by Gasteiger charge is 2.47. The average molecular weight is 471 g/mol. The zero-order chi connectivity index (χ0) is 24.5. The van der Waals surface area contributed by atoms with Crippen molar-refractivity contribution in [2.24, 2.45) is 4.99 Å². The van der Waals surface area contributed by atoms with Gasteiger partial charge >= 0.3 is 5.97 Å². The van der Waals surface area contributed by atoms with Crippen LogP contribution in [0.5, 0.6) is 0 Å². The molecular formula is C28H28N3O4+. The SMILES string of the molecule is CCCCC1(c2ccco2)N=C[N+](C)(c2ccc(-c3ccccc3/C=C3\OC(=O)C=C3O)cc2)N1. The first-order chi connectivity index (χ1) is 16.9. The first-order valence-corrected chi connectivity index (χ1v) is 11.7. The molecular weight excluding hydrogens is 442 g/mol. The van der Waals surface area contributed by atoms with Crippen LogP contribution in [0.3, 0.4) is 0 Å². The summed E-state index contributed by atoms with van der Waals surface area (Å²) >= 11 is 0. The lowest BCUT2D eigenvalue weighted by Gasteiger charge is -2.31. The van der Waals surface area contributed by atoms with Gasteiger partial charge in [0.1, 0.15) is 0 Å². The summed E-state index contributed by atoms with van der Waals surface area (Å²) in [5.41, 5.74) is 6.92. The molecule has 2 aliphatic heterocycles. The van der Waals surface area contributed by atoms with E-state index in [9.17, 15) is 9.90 Å². The molecule has 35 heavy (non-hydrogen) atoms. The van der Waals surface area contributed by atoms with Gasteiger partial charge in [0.2, 0.25) is 12.0 Å². The number of unbranched alkanes of at least 4 members (excludes halogenated alkanes) is 1. The number of quaternary nitrogens is 1. The first-order valence-electron chi connectivity index (χ1n) is 11.7. The maximum atomic E-state index is 11.5. The standard InChI is InChI=1S/C28H27N3O4/c1-3-4-15-28(26-10-7-16-34-26)29-19-31(2,30-28)22-13-11-20(12-14-22)23-9-6-5-8-21(23)17-25-24(32)18-27(33)35-25/h5-14,16-19,30H,3-4,15H2,1-2H3/p+1/b25-17-. The van der Waals surface area contributed by atoms with Gasteiger partial charge in [0.25, 0.3) is 0 Å². The number of furan rings is 1. The van der Waals surface area contributed by atoms with Gasteiger partial charge in [0.15, 0.2) is 23.0 Å². The number of carbonyl (C=O) groups is 1. The molecule has 3 heterocycles. The van der Waals surface area contributed by atoms with E-state index in [1.54, 1.807) is 12.3 Å². The Bertz CT molecular complexity index is 1320. The Morgan fingerprint density at radius 2 is 1.91 bits per heavy atom. The molecule has 0 amide bonds. The Morgan fingerprint density at radius 3 is 2.60 bits per heavy atom. The van der Waals surface area contributed by atoms with Gasteiger partial charge in [-0.1, -0.05) is 37.6 Å². The lowest BCUT2D eigenvalue weighted by molar-refractivity contribution is -0.132. The fourth-order valence-electron chi connectivity index (χ4n) is 4.55. The highest BCUT2D eigenvalue weighted by molar-refractivity contribution is 5.89. The number of carbonyl (C=O) groups excluding carboxylic acids is 1. The minimum absolute atomic E-state index is 0.149. The van der Waals surface area contributed by atoms with Crippen LogP contribution >= 0.6 is 0 Å². The fraction of sp³-hybridized carbons (Fsp3) is 0.214. The molecule has 2 aliphatic rings. The zero-order valence-corrected chi connectivity index (χ0v) is 19.8. The fourth-order valence-corrected chi connectivity index (χ4v) is 4.55. The van der Waals surface area contributed by atoms with Gasteiger partial charge in [-0.05, 0) is 59.9 Å². The van der Waals surface area contributed by atoms with Crippen molar-refractivity contribution in [2.45, 2.75) is 31.8 Å². The number of nitrogens with zero attached hydrogens (tertiary/aromatic N) is 2. The highest BCUT2D eigenvalue weighted by Crippen LogP contribution is 2.37. The molecule has 0 fully saturated rings. The second-order valence-electron chi connectivity index (χ2n) is 8.97. The van der Waals surface area contributed by atoms with Crippen LogP contribution < -0.4 is 10.0 Å². The molecule has 0 bridgehead atoms. The van der Waals surface area contributed by atoms with Crippen LogP contribution in [-0.2, 0) is 15.2 Å². The number of hydrogen-bond donors (Lipinski definition) is 2. The van der Waals surface area contributed by atoms with Crippen molar-refractivity contribution in [1.82, 2.24) is 10.0 Å². The van der Waals surface area contributed by atoms with Gasteiger partial charge in [-0.15, -0.1) is 5.43 Å². The Labute approximate surface area is 204 Å². The number of nitrogens with one attached hydrogen (secondary N) is 1. The minimum Gasteiger partial charge on any atom is -0.504 e. The van der Waals surface area contributed by atoms with Crippen LogP contribution in [0.2, 0.25) is 0 Å². The van der Waals surface area contributed by atoms with Crippen molar-refractivity contribution < 1.29 is 19.1 Å². The van der Waals surface area contributed by atoms with Crippen LogP contribution in [0.1, 0.15) is 37.5 Å². The normalized spacial score (nSPS) is 24.7. The Morgan fingerprint density at radius 1 is 1.11 bits per heavy atom. The number of hydrogen-bond acceptors (Lipinski definition) is 6. The molecule has 178 valence electrons. The summed E-state index contributed by atoms with van der Waals surface area (Å²) in [5, 5.41) is 9.95. The molecule has 5 rings (SSSR count). The highest BCUT2D eigenvalue weighted by atomic mass is 16.6. The summed E-state index contributed by atoms with van der Waals surface area (Å²) in [4.78, 5) is 16.4. The average Bonchev–Trinajstić information content (AvgIpc) is 3.59. The number of aliphatic hydroxyl groups excluding tert-OH is 1. The molecule has 2 N–H and O–H groups in total. The van der Waals surface area contributed by atoms with Gasteiger partial charge in [0, 0.05) is 12.1 Å². The van der Waals surface area contributed by atoms with Gasteiger partial charge in [-0.2, -0.15) is 4.59 Å². The van der Waals surface area contributed by atoms with Crippen LogP contribution in [0.15, 0.2) is 93.9 Å². The smallest absolute Gasteiger partial charge is 0.340 e. The number of rotatable bonds is 7. The van der Waals surface area contributed by atoms with Crippen LogP contribution in [0.25, 0.3) is 17.2 Å². The minimum atomic E-state index is -0.597. The molecule has 3 aromatic rings. The molecule has 0 spiro atoms. The molecule has 0 saturated heterocycles. The monoisotopic (exact) mass is 470 g/mol. The van der Waals surface area contributed by atoms with E-state index in [4.69, 9.17) is 14.1 Å². The van der Waals surface area contributed by atoms with E-state index in [1.165, 1.54) is 0 Å². The molecule has 2 unspecified atom stereocenters. The third-order valence-corrected chi connectivity index (χ3v) is 6.43. The van der Waals surface area contributed by atoms with Crippen LogP contribution in [-0.4, -0.2) is 24.5 Å². The molecule has 7 nitrogen and oxygen atoms in total. The summed E-state index contributed by atoms with van der Waals surface area (Å²) in [6.45, 7) is 2.17. The largest absolute Gasteiger partial charge is 0.504 e. The van der Waals surface area contributed by atoms with Crippen LogP contribution in [0, 0.1) is 0 Å². The summed E-state index contributed by atoms with van der Waals surface area (Å²) in [5.74, 6) is 0.223. The van der Waals surface area contributed by atoms with Gasteiger partial charge < -0.3 is 14.3 Å². The van der Waals surface area contributed by atoms with Crippen molar-refractivity contribution in [3.8, 4) is 11.1 Å². The van der Waals surface area contributed by atoms with Crippen molar-refractivity contribution in [3.05, 3.63) is 95.8 Å². The first kappa shape index (κ1) is 22.8. The van der Waals surface area contributed by atoms with Crippen molar-refractivity contribution in [1.29, 1.82) is 0 Å². The quantitative estimate of drug-likeness (QED) is 0.336. The van der Waals surface area contributed by atoms with E-state index in [0.717, 1.165) is 53.5 Å². The predicted molar refractivity (Wildman–Crippen MR) is 136 cm³/mol. The number of cyclic esters (lactones) is 1. The van der Waals surface area contributed by atoms with E-state index in [2.05, 4.69) is 43.7 Å². The van der Waals surface area contributed by atoms with Gasteiger partial charge in [-0.25, -0.2) is 9.79 Å². The molecule has 1 aromatic heterocycles. The molecule has 0 radical (unpaired) electrons. The number of aliphatic hydroxyl groups is 1. The van der Waals surface area contributed by atoms with Crippen molar-refractivity contribution in [3.63, 3.8) is 0 Å². The Balaban J connectivity index is 1.43. The van der Waals surface area contributed by atoms with Gasteiger partial charge in [0.05, 0.1) is 19.4 Å². The topological polar surface area (TPSA) is 84.1 Å². The van der Waals surface area contributed by atoms with Crippen molar-refractivity contribution in [2.75, 3.05) is 7.05 Å². The Hall–Kier alpha value is -3.94. The third kappa shape index (κ3) is 4.32. The van der Waals surface area contributed by atoms with E-state index in [0.29, 0.717) is 4.59 Å². The predicted octanol–water partition coefficient (Wildman–Crippen LogP) is 5.81. The summed E-state index contributed by atoms with van der Waals surface area (Å²) < 4.78 is 11.2. The Kier molecular flexibility index (Phi) is 5.88. The summed E-state index contributed by atoms with van der Waals surface area (Å²) in [6.07, 6.45) is 9.29. The van der Waals surface area contributed by atoms with E-state index < -0.39 is 11.6 Å². The number of ether oxygens (including phenoxy) is 1. The van der Waals surface area contributed by atoms with E-state index >= 15 is 0 Å². The third-order valence-electron chi connectivity index (χ3n) is 6.43. The number of benzene rings is 2. The molecule has 0 saturated carbocycles. The zero-order valence-electron chi connectivity index (χ0n) is 19.8. The van der Waals surface area contributed by atoms with Crippen molar-refractivity contribution >= 4 is 24.1 Å². The molecule has 0 aliphatic carbocycles. The second kappa shape index (κ2) is 9.02. The molecule has 7 heteroatoms. The lowest BCUT2D eigenvalue weighted by Crippen LogP contribution is -2.57. The summed E-state index contributed by atoms with van der Waals surface area (Å²) in [7, 11) is 2.07. The maximum Gasteiger partial charge on any atom is 0.340 e. The lowest BCUT2D eigenvalue weighted by atomic mass is 9.98. The van der Waals surface area contributed by atoms with E-state index in [1.807, 2.05) is 42.7 Å². The van der Waals surface area contributed by atoms with E-state index in [-0.39, 0.29) is 11.5 Å². The number of esters is 1. The van der Waals surface area contributed by atoms with Gasteiger partial charge in [-0.3, -0.25) is 0 Å². The molecule has 2 aromatic carbocycles. The number of aliphatic imine (C=N–C) groups is 1. The van der Waals surface area contributed by atoms with Crippen LogP contribution in [0.4, 0.5) is 5.69 Å². The second-order valence-corrected chi connectivity index (χ2v) is 8.97. The molecule has 2 atom stereocenters. The summed E-state index contributed by atoms with van der Waals surface area (Å²) in [6, 6.07) is 19.9. The maximum absolute atomic E-state index is 11.5.